The molecule has 5 heteroatoms. The molecule has 0 aliphatic heterocycles. The minimum Gasteiger partial charge on any atom is -0.482 e. The van der Waals surface area contributed by atoms with E-state index in [2.05, 4.69) is 29.5 Å². The second-order valence-corrected chi connectivity index (χ2v) is 5.25. The topological polar surface area (TPSA) is 63.3 Å². The van der Waals surface area contributed by atoms with Gasteiger partial charge in [-0.2, -0.15) is 0 Å². The van der Waals surface area contributed by atoms with E-state index in [0.29, 0.717) is 24.8 Å². The lowest BCUT2D eigenvalue weighted by Gasteiger charge is -2.12. The molecule has 0 spiro atoms. The summed E-state index contributed by atoms with van der Waals surface area (Å²) in [5, 5.41) is 5.89. The van der Waals surface area contributed by atoms with E-state index in [1.54, 1.807) is 0 Å². The van der Waals surface area contributed by atoms with Crippen LogP contribution in [0.25, 0.3) is 0 Å². The summed E-state index contributed by atoms with van der Waals surface area (Å²) in [6, 6.07) is 3.74. The molecular formula is C15H25N3O2. The van der Waals surface area contributed by atoms with Crippen molar-refractivity contribution in [2.45, 2.75) is 33.7 Å². The number of carbonyl (C=O) groups excluding carboxylic acids is 1. The number of hydrogen-bond donors (Lipinski definition) is 2. The molecule has 112 valence electrons. The largest absolute Gasteiger partial charge is 0.482 e. The van der Waals surface area contributed by atoms with Crippen LogP contribution in [-0.4, -0.2) is 31.1 Å². The zero-order valence-corrected chi connectivity index (χ0v) is 12.8. The number of aromatic nitrogens is 1. The maximum absolute atomic E-state index is 11.7. The molecular weight excluding hydrogens is 254 g/mol. The number of hydrogen-bond acceptors (Lipinski definition) is 4. The maximum atomic E-state index is 11.7. The van der Waals surface area contributed by atoms with Gasteiger partial charge in [-0.3, -0.25) is 9.78 Å². The Morgan fingerprint density at radius 3 is 2.80 bits per heavy atom. The maximum Gasteiger partial charge on any atom is 0.257 e. The van der Waals surface area contributed by atoms with Crippen LogP contribution in [0.15, 0.2) is 12.1 Å². The lowest BCUT2D eigenvalue weighted by molar-refractivity contribution is -0.123. The molecule has 0 saturated heterocycles. The molecule has 20 heavy (non-hydrogen) atoms. The highest BCUT2D eigenvalue weighted by atomic mass is 16.5. The average molecular weight is 279 g/mol. The average Bonchev–Trinajstić information content (AvgIpc) is 2.37. The van der Waals surface area contributed by atoms with E-state index in [4.69, 9.17) is 4.74 Å². The van der Waals surface area contributed by atoms with Gasteiger partial charge in [0.1, 0.15) is 5.75 Å². The summed E-state index contributed by atoms with van der Waals surface area (Å²) in [7, 11) is 1.85. The van der Waals surface area contributed by atoms with Crippen LogP contribution in [0.4, 0.5) is 0 Å². The highest BCUT2D eigenvalue weighted by Gasteiger charge is 2.08. The Kier molecular flexibility index (Phi) is 7.01. The predicted molar refractivity (Wildman–Crippen MR) is 79.7 cm³/mol. The Hall–Kier alpha value is -1.62. The quantitative estimate of drug-likeness (QED) is 0.759. The van der Waals surface area contributed by atoms with Gasteiger partial charge in [0.25, 0.3) is 5.91 Å². The normalized spacial score (nSPS) is 10.7. The van der Waals surface area contributed by atoms with Gasteiger partial charge in [-0.15, -0.1) is 0 Å². The number of carbonyl (C=O) groups is 1. The molecule has 0 aliphatic rings. The highest BCUT2D eigenvalue weighted by Crippen LogP contribution is 2.16. The molecule has 0 bridgehead atoms. The zero-order valence-electron chi connectivity index (χ0n) is 12.8. The number of nitrogens with one attached hydrogen (secondary N) is 2. The lowest BCUT2D eigenvalue weighted by atomic mass is 10.1. The molecule has 1 rings (SSSR count). The SMILES string of the molecule is CNCc1nc(C)ccc1OCC(=O)NCCC(C)C. The molecule has 0 radical (unpaired) electrons. The summed E-state index contributed by atoms with van der Waals surface area (Å²) < 4.78 is 5.55. The third-order valence-electron chi connectivity index (χ3n) is 2.82. The number of aryl methyl sites for hydroxylation is 1. The standard InChI is InChI=1S/C15H25N3O2/c1-11(2)7-8-17-15(19)10-20-14-6-5-12(3)18-13(14)9-16-4/h5-6,11,16H,7-10H2,1-4H3,(H,17,19). The Labute approximate surface area is 121 Å². The van der Waals surface area contributed by atoms with Crippen molar-refractivity contribution in [2.24, 2.45) is 5.92 Å². The van der Waals surface area contributed by atoms with E-state index in [1.165, 1.54) is 0 Å². The van der Waals surface area contributed by atoms with Crippen molar-refractivity contribution in [3.05, 3.63) is 23.5 Å². The van der Waals surface area contributed by atoms with Gasteiger partial charge in [0.05, 0.1) is 5.69 Å². The monoisotopic (exact) mass is 279 g/mol. The zero-order chi connectivity index (χ0) is 15.0. The number of ether oxygens (including phenoxy) is 1. The Morgan fingerprint density at radius 2 is 2.15 bits per heavy atom. The molecule has 2 N–H and O–H groups in total. The molecule has 0 aliphatic carbocycles. The molecule has 1 heterocycles. The Morgan fingerprint density at radius 1 is 1.40 bits per heavy atom. The van der Waals surface area contributed by atoms with Crippen LogP contribution in [-0.2, 0) is 11.3 Å². The van der Waals surface area contributed by atoms with Gasteiger partial charge < -0.3 is 15.4 Å². The van der Waals surface area contributed by atoms with Crippen LogP contribution in [0.2, 0.25) is 0 Å². The van der Waals surface area contributed by atoms with Crippen LogP contribution in [0.3, 0.4) is 0 Å². The predicted octanol–water partition coefficient (Wildman–Crippen LogP) is 1.65. The van der Waals surface area contributed by atoms with Gasteiger partial charge in [0.15, 0.2) is 6.61 Å². The molecule has 0 aromatic carbocycles. The van der Waals surface area contributed by atoms with Crippen molar-refractivity contribution in [3.63, 3.8) is 0 Å². The van der Waals surface area contributed by atoms with Gasteiger partial charge in [0.2, 0.25) is 0 Å². The second kappa shape index (κ2) is 8.53. The van der Waals surface area contributed by atoms with Gasteiger partial charge in [-0.25, -0.2) is 0 Å². The molecule has 1 aromatic rings. The lowest BCUT2D eigenvalue weighted by Crippen LogP contribution is -2.30. The first-order chi connectivity index (χ1) is 9.52. The van der Waals surface area contributed by atoms with Gasteiger partial charge in [0, 0.05) is 18.8 Å². The summed E-state index contributed by atoms with van der Waals surface area (Å²) in [6.45, 7) is 7.53. The first-order valence-corrected chi connectivity index (χ1v) is 7.03. The van der Waals surface area contributed by atoms with E-state index in [-0.39, 0.29) is 12.5 Å². The highest BCUT2D eigenvalue weighted by molar-refractivity contribution is 5.77. The van der Waals surface area contributed by atoms with Crippen LogP contribution < -0.4 is 15.4 Å². The fourth-order valence-electron chi connectivity index (χ4n) is 1.72. The van der Waals surface area contributed by atoms with E-state index < -0.39 is 0 Å². The molecule has 0 saturated carbocycles. The van der Waals surface area contributed by atoms with E-state index in [0.717, 1.165) is 17.8 Å². The van der Waals surface area contributed by atoms with Crippen molar-refractivity contribution in [1.29, 1.82) is 0 Å². The minimum absolute atomic E-state index is 0.0273. The van der Waals surface area contributed by atoms with Gasteiger partial charge >= 0.3 is 0 Å². The van der Waals surface area contributed by atoms with Crippen LogP contribution in [0.1, 0.15) is 31.7 Å². The van der Waals surface area contributed by atoms with E-state index in [9.17, 15) is 4.79 Å². The molecule has 5 nitrogen and oxygen atoms in total. The Bertz CT molecular complexity index is 433. The van der Waals surface area contributed by atoms with Crippen LogP contribution >= 0.6 is 0 Å². The summed E-state index contributed by atoms with van der Waals surface area (Å²) in [5.74, 6) is 1.14. The van der Waals surface area contributed by atoms with Crippen LogP contribution in [0.5, 0.6) is 5.75 Å². The molecule has 1 aromatic heterocycles. The fourth-order valence-corrected chi connectivity index (χ4v) is 1.72. The number of pyridine rings is 1. The van der Waals surface area contributed by atoms with Gasteiger partial charge in [-0.1, -0.05) is 13.8 Å². The fraction of sp³-hybridized carbons (Fsp3) is 0.600. The smallest absolute Gasteiger partial charge is 0.257 e. The van der Waals surface area contributed by atoms with Crippen molar-refractivity contribution in [2.75, 3.05) is 20.2 Å². The van der Waals surface area contributed by atoms with E-state index >= 15 is 0 Å². The Balaban J connectivity index is 2.46. The van der Waals surface area contributed by atoms with Crippen molar-refractivity contribution < 1.29 is 9.53 Å². The summed E-state index contributed by atoms with van der Waals surface area (Å²) in [4.78, 5) is 16.1. The molecule has 0 unspecified atom stereocenters. The molecule has 0 atom stereocenters. The second-order valence-electron chi connectivity index (χ2n) is 5.25. The first kappa shape index (κ1) is 16.4. The van der Waals surface area contributed by atoms with Crippen molar-refractivity contribution >= 4 is 5.91 Å². The van der Waals surface area contributed by atoms with Crippen molar-refractivity contribution in [1.82, 2.24) is 15.6 Å². The molecule has 0 fully saturated rings. The number of rotatable bonds is 8. The van der Waals surface area contributed by atoms with Crippen LogP contribution in [0, 0.1) is 12.8 Å². The molecule has 1 amide bonds. The van der Waals surface area contributed by atoms with E-state index in [1.807, 2.05) is 26.1 Å². The summed E-state index contributed by atoms with van der Waals surface area (Å²) in [5.41, 5.74) is 1.76. The minimum atomic E-state index is -0.0957. The summed E-state index contributed by atoms with van der Waals surface area (Å²) in [6.07, 6.45) is 0.975. The third-order valence-corrected chi connectivity index (χ3v) is 2.82. The van der Waals surface area contributed by atoms with Gasteiger partial charge in [-0.05, 0) is 38.4 Å². The number of amides is 1. The van der Waals surface area contributed by atoms with Crippen molar-refractivity contribution in [3.8, 4) is 5.75 Å². The first-order valence-electron chi connectivity index (χ1n) is 7.03. The summed E-state index contributed by atoms with van der Waals surface area (Å²) >= 11 is 0. The number of nitrogens with zero attached hydrogens (tertiary/aromatic N) is 1. The third kappa shape index (κ3) is 6.02.